The monoisotopic (exact) mass is 313 g/mol. The summed E-state index contributed by atoms with van der Waals surface area (Å²) in [6.45, 7) is 3.56. The first-order valence-electron chi connectivity index (χ1n) is 8.20. The van der Waals surface area contributed by atoms with E-state index in [9.17, 15) is 9.59 Å². The number of aryl methyl sites for hydroxylation is 1. The number of rotatable bonds is 4. The SMILES string of the molecule is CN1C(=O)CCc2cc(C(=O)NCCN3CC=CCC3)ccc21. The maximum absolute atomic E-state index is 12.3. The molecule has 3 rings (SSSR count). The number of hydrogen-bond acceptors (Lipinski definition) is 3. The third-order valence-electron chi connectivity index (χ3n) is 4.54. The Bertz CT molecular complexity index is 639. The van der Waals surface area contributed by atoms with Crippen LogP contribution in [-0.2, 0) is 11.2 Å². The summed E-state index contributed by atoms with van der Waals surface area (Å²) in [5.41, 5.74) is 2.66. The number of carbonyl (C=O) groups excluding carboxylic acids is 2. The molecule has 2 aliphatic heterocycles. The molecule has 0 unspecified atom stereocenters. The van der Waals surface area contributed by atoms with E-state index in [4.69, 9.17) is 0 Å². The number of benzene rings is 1. The van der Waals surface area contributed by atoms with Gasteiger partial charge in [-0.2, -0.15) is 0 Å². The van der Waals surface area contributed by atoms with E-state index in [1.54, 1.807) is 18.0 Å². The van der Waals surface area contributed by atoms with Gasteiger partial charge < -0.3 is 10.2 Å². The van der Waals surface area contributed by atoms with Gasteiger partial charge in [-0.05, 0) is 36.6 Å². The van der Waals surface area contributed by atoms with Gasteiger partial charge in [0.25, 0.3) is 5.91 Å². The van der Waals surface area contributed by atoms with Crippen LogP contribution in [0.5, 0.6) is 0 Å². The molecule has 0 saturated heterocycles. The van der Waals surface area contributed by atoms with Crippen LogP contribution in [-0.4, -0.2) is 49.9 Å². The van der Waals surface area contributed by atoms with E-state index in [0.29, 0.717) is 24.9 Å². The Labute approximate surface area is 137 Å². The number of carbonyl (C=O) groups is 2. The van der Waals surface area contributed by atoms with Gasteiger partial charge in [-0.25, -0.2) is 0 Å². The highest BCUT2D eigenvalue weighted by atomic mass is 16.2. The molecule has 0 radical (unpaired) electrons. The van der Waals surface area contributed by atoms with Gasteiger partial charge in [0.1, 0.15) is 0 Å². The molecule has 0 bridgehead atoms. The Kier molecular flexibility index (Phi) is 4.76. The van der Waals surface area contributed by atoms with Crippen LogP contribution < -0.4 is 10.2 Å². The molecular formula is C18H23N3O2. The molecule has 1 aromatic carbocycles. The second kappa shape index (κ2) is 6.96. The highest BCUT2D eigenvalue weighted by Gasteiger charge is 2.21. The number of nitrogens with zero attached hydrogens (tertiary/aromatic N) is 2. The lowest BCUT2D eigenvalue weighted by Crippen LogP contribution is -2.36. The zero-order chi connectivity index (χ0) is 16.2. The molecule has 2 amide bonds. The Balaban J connectivity index is 1.57. The maximum Gasteiger partial charge on any atom is 0.251 e. The molecule has 2 aliphatic rings. The molecule has 0 spiro atoms. The van der Waals surface area contributed by atoms with Crippen LogP contribution in [0.15, 0.2) is 30.4 Å². The summed E-state index contributed by atoms with van der Waals surface area (Å²) >= 11 is 0. The third-order valence-corrected chi connectivity index (χ3v) is 4.54. The van der Waals surface area contributed by atoms with Crippen LogP contribution in [0.1, 0.15) is 28.8 Å². The second-order valence-electron chi connectivity index (χ2n) is 6.11. The predicted octanol–water partition coefficient (Wildman–Crippen LogP) is 1.59. The van der Waals surface area contributed by atoms with Crippen LogP contribution >= 0.6 is 0 Å². The Morgan fingerprint density at radius 3 is 2.91 bits per heavy atom. The summed E-state index contributed by atoms with van der Waals surface area (Å²) in [5.74, 6) is 0.0881. The molecule has 5 heteroatoms. The first-order valence-corrected chi connectivity index (χ1v) is 8.20. The maximum atomic E-state index is 12.3. The lowest BCUT2D eigenvalue weighted by molar-refractivity contribution is -0.118. The average Bonchev–Trinajstić information content (AvgIpc) is 2.59. The Hall–Kier alpha value is -2.14. The van der Waals surface area contributed by atoms with Crippen molar-refractivity contribution in [3.63, 3.8) is 0 Å². The van der Waals surface area contributed by atoms with Crippen LogP contribution in [0, 0.1) is 0 Å². The van der Waals surface area contributed by atoms with E-state index in [1.165, 1.54) is 0 Å². The first-order chi connectivity index (χ1) is 11.1. The van der Waals surface area contributed by atoms with Gasteiger partial charge in [-0.3, -0.25) is 14.5 Å². The van der Waals surface area contributed by atoms with Gasteiger partial charge >= 0.3 is 0 Å². The van der Waals surface area contributed by atoms with Crippen LogP contribution in [0.3, 0.4) is 0 Å². The smallest absolute Gasteiger partial charge is 0.251 e. The zero-order valence-electron chi connectivity index (χ0n) is 13.5. The fourth-order valence-electron chi connectivity index (χ4n) is 3.12. The fourth-order valence-corrected chi connectivity index (χ4v) is 3.12. The van der Waals surface area contributed by atoms with Crippen molar-refractivity contribution in [2.75, 3.05) is 38.1 Å². The van der Waals surface area contributed by atoms with Crippen molar-refractivity contribution < 1.29 is 9.59 Å². The zero-order valence-corrected chi connectivity index (χ0v) is 13.5. The van der Waals surface area contributed by atoms with Crippen molar-refractivity contribution in [3.8, 4) is 0 Å². The summed E-state index contributed by atoms with van der Waals surface area (Å²) in [6, 6.07) is 5.58. The van der Waals surface area contributed by atoms with E-state index >= 15 is 0 Å². The molecule has 0 aromatic heterocycles. The van der Waals surface area contributed by atoms with E-state index in [1.807, 2.05) is 12.1 Å². The Morgan fingerprint density at radius 2 is 2.13 bits per heavy atom. The summed E-state index contributed by atoms with van der Waals surface area (Å²) < 4.78 is 0. The number of fused-ring (bicyclic) bond motifs is 1. The molecule has 2 heterocycles. The van der Waals surface area contributed by atoms with E-state index in [0.717, 1.165) is 37.3 Å². The molecule has 0 atom stereocenters. The number of anilines is 1. The van der Waals surface area contributed by atoms with Crippen molar-refractivity contribution in [2.45, 2.75) is 19.3 Å². The molecule has 1 aromatic rings. The fraction of sp³-hybridized carbons (Fsp3) is 0.444. The van der Waals surface area contributed by atoms with Crippen molar-refractivity contribution >= 4 is 17.5 Å². The largest absolute Gasteiger partial charge is 0.351 e. The van der Waals surface area contributed by atoms with Gasteiger partial charge in [0.05, 0.1) is 0 Å². The van der Waals surface area contributed by atoms with Crippen LogP contribution in [0.2, 0.25) is 0 Å². The summed E-state index contributed by atoms with van der Waals surface area (Å²) in [7, 11) is 1.78. The lowest BCUT2D eigenvalue weighted by Gasteiger charge is -2.26. The third kappa shape index (κ3) is 3.62. The van der Waals surface area contributed by atoms with Crippen molar-refractivity contribution in [3.05, 3.63) is 41.5 Å². The van der Waals surface area contributed by atoms with Crippen molar-refractivity contribution in [1.82, 2.24) is 10.2 Å². The average molecular weight is 313 g/mol. The normalized spacial score (nSPS) is 18.0. The molecule has 1 N–H and O–H groups in total. The topological polar surface area (TPSA) is 52.7 Å². The highest BCUT2D eigenvalue weighted by molar-refractivity contribution is 5.98. The number of hydrogen-bond donors (Lipinski definition) is 1. The van der Waals surface area contributed by atoms with Crippen LogP contribution in [0.4, 0.5) is 5.69 Å². The molecule has 23 heavy (non-hydrogen) atoms. The molecule has 0 fully saturated rings. The minimum Gasteiger partial charge on any atom is -0.351 e. The van der Waals surface area contributed by atoms with Gasteiger partial charge in [-0.15, -0.1) is 0 Å². The van der Waals surface area contributed by atoms with E-state index in [2.05, 4.69) is 22.4 Å². The van der Waals surface area contributed by atoms with Crippen molar-refractivity contribution in [2.24, 2.45) is 0 Å². The molecular weight excluding hydrogens is 290 g/mol. The number of nitrogens with one attached hydrogen (secondary N) is 1. The van der Waals surface area contributed by atoms with Crippen LogP contribution in [0.25, 0.3) is 0 Å². The van der Waals surface area contributed by atoms with Crippen molar-refractivity contribution in [1.29, 1.82) is 0 Å². The number of amides is 2. The van der Waals surface area contributed by atoms with E-state index < -0.39 is 0 Å². The Morgan fingerprint density at radius 1 is 1.26 bits per heavy atom. The van der Waals surface area contributed by atoms with E-state index in [-0.39, 0.29) is 11.8 Å². The molecule has 0 saturated carbocycles. The van der Waals surface area contributed by atoms with Gasteiger partial charge in [0.15, 0.2) is 0 Å². The molecule has 0 aliphatic carbocycles. The second-order valence-corrected chi connectivity index (χ2v) is 6.11. The first kappa shape index (κ1) is 15.7. The van der Waals surface area contributed by atoms with Gasteiger partial charge in [0, 0.05) is 50.9 Å². The summed E-state index contributed by atoms with van der Waals surface area (Å²) in [5, 5.41) is 2.99. The predicted molar refractivity (Wildman–Crippen MR) is 90.7 cm³/mol. The van der Waals surface area contributed by atoms with Gasteiger partial charge in [0.2, 0.25) is 5.91 Å². The molecule has 5 nitrogen and oxygen atoms in total. The minimum atomic E-state index is -0.0418. The lowest BCUT2D eigenvalue weighted by atomic mass is 9.99. The summed E-state index contributed by atoms with van der Waals surface area (Å²) in [6.07, 6.45) is 6.68. The quantitative estimate of drug-likeness (QED) is 0.859. The summed E-state index contributed by atoms with van der Waals surface area (Å²) in [4.78, 5) is 28.0. The minimum absolute atomic E-state index is 0.0418. The molecule has 122 valence electrons. The standard InChI is InChI=1S/C18H23N3O2/c1-20-16-7-5-15(13-14(16)6-8-17(20)22)18(23)19-9-12-21-10-3-2-4-11-21/h2-3,5,7,13H,4,6,8-12H2,1H3,(H,19,23). The van der Waals surface area contributed by atoms with Gasteiger partial charge in [-0.1, -0.05) is 12.2 Å². The highest BCUT2D eigenvalue weighted by Crippen LogP contribution is 2.27.